The normalized spacial score (nSPS) is 10.8. The van der Waals surface area contributed by atoms with Crippen LogP contribution < -0.4 is 45.7 Å². The van der Waals surface area contributed by atoms with Crippen molar-refractivity contribution in [1.29, 1.82) is 0 Å². The minimum Gasteiger partial charge on any atom is -0.544 e. The number of ether oxygens (including phenoxy) is 4. The number of aromatic carboxylic acids is 1. The monoisotopic (exact) mass is 962 g/mol. The van der Waals surface area contributed by atoms with Crippen molar-refractivity contribution in [2.24, 2.45) is 5.73 Å². The molecule has 0 unspecified atom stereocenters. The molecule has 0 spiro atoms. The van der Waals surface area contributed by atoms with Gasteiger partial charge in [0.05, 0.1) is 63.6 Å². The van der Waals surface area contributed by atoms with Gasteiger partial charge in [-0.1, -0.05) is 68.1 Å². The van der Waals surface area contributed by atoms with Crippen molar-refractivity contribution < 1.29 is 81.9 Å². The first-order chi connectivity index (χ1) is 30.4. The predicted octanol–water partition coefficient (Wildman–Crippen LogP) is 0.614. The number of thiophene rings is 2. The second kappa shape index (κ2) is 30.1. The Balaban J connectivity index is 0.000000530. The summed E-state index contributed by atoms with van der Waals surface area (Å²) in [5.41, 5.74) is 9.52. The van der Waals surface area contributed by atoms with Crippen LogP contribution in [0.25, 0.3) is 20.4 Å². The summed E-state index contributed by atoms with van der Waals surface area (Å²) in [6, 6.07) is 22.7. The number of pyridine rings is 2. The van der Waals surface area contributed by atoms with Crippen LogP contribution in [0.2, 0.25) is 0 Å². The Morgan fingerprint density at radius 2 is 1.12 bits per heavy atom. The SMILES string of the molecule is C.COC(=O)[C@@H](CN)NC(=O)OCc1ccccc1.COC(=O)[C@@H](CNC(=O)c1cc2nccc(CO)c2s1)NC(=O)OCc1ccccc1.Cl.O=C([O-])c1cc2nccc(CO)c2s1.[Li+]. The molecule has 0 bridgehead atoms. The van der Waals surface area contributed by atoms with E-state index in [1.807, 2.05) is 48.5 Å². The Morgan fingerprint density at radius 3 is 1.55 bits per heavy atom. The molecule has 0 fully saturated rings. The van der Waals surface area contributed by atoms with E-state index in [2.05, 4.69) is 30.7 Å². The molecule has 0 radical (unpaired) electrons. The first kappa shape index (κ1) is 57.9. The van der Waals surface area contributed by atoms with Gasteiger partial charge in [-0.15, -0.1) is 35.1 Å². The van der Waals surface area contributed by atoms with Crippen LogP contribution in [0.3, 0.4) is 0 Å². The molecule has 19 nitrogen and oxygen atoms in total. The van der Waals surface area contributed by atoms with Gasteiger partial charge in [0, 0.05) is 25.5 Å². The molecule has 4 aromatic heterocycles. The minimum absolute atomic E-state index is 0. The zero-order valence-corrected chi connectivity index (χ0v) is 37.7. The number of carbonyl (C=O) groups is 6. The van der Waals surface area contributed by atoms with Gasteiger partial charge in [-0.25, -0.2) is 19.2 Å². The van der Waals surface area contributed by atoms with Gasteiger partial charge in [-0.3, -0.25) is 14.8 Å². The number of esters is 2. The van der Waals surface area contributed by atoms with Crippen molar-refractivity contribution in [3.63, 3.8) is 0 Å². The number of methoxy groups -OCH3 is 2. The number of nitrogens with two attached hydrogens (primary N) is 1. The third-order valence-electron chi connectivity index (χ3n) is 8.44. The smallest absolute Gasteiger partial charge is 0.544 e. The van der Waals surface area contributed by atoms with E-state index in [4.69, 9.17) is 25.1 Å². The molecule has 2 atom stereocenters. The Morgan fingerprint density at radius 1 is 0.697 bits per heavy atom. The molecule has 0 aliphatic carbocycles. The number of halogens is 1. The first-order valence-corrected chi connectivity index (χ1v) is 20.3. The van der Waals surface area contributed by atoms with Gasteiger partial charge in [-0.05, 0) is 46.5 Å². The largest absolute Gasteiger partial charge is 1.00 e. The number of aromatic nitrogens is 2. The van der Waals surface area contributed by atoms with Gasteiger partial charge >= 0.3 is 43.0 Å². The summed E-state index contributed by atoms with van der Waals surface area (Å²) in [5, 5.41) is 36.3. The fourth-order valence-electron chi connectivity index (χ4n) is 5.23. The summed E-state index contributed by atoms with van der Waals surface area (Å²) in [6.07, 6.45) is 1.58. The zero-order valence-electron chi connectivity index (χ0n) is 35.2. The van der Waals surface area contributed by atoms with Crippen molar-refractivity contribution in [3.8, 4) is 0 Å². The van der Waals surface area contributed by atoms with Crippen molar-refractivity contribution >= 4 is 91.5 Å². The average Bonchev–Trinajstić information content (AvgIpc) is 3.97. The van der Waals surface area contributed by atoms with E-state index in [9.17, 15) is 39.0 Å². The van der Waals surface area contributed by atoms with Gasteiger partial charge in [0.25, 0.3) is 5.91 Å². The summed E-state index contributed by atoms with van der Waals surface area (Å²) >= 11 is 2.25. The number of alkyl carbamates (subject to hydrolysis) is 2. The van der Waals surface area contributed by atoms with E-state index in [1.54, 1.807) is 42.7 Å². The quantitative estimate of drug-likeness (QED) is 0.0467. The van der Waals surface area contributed by atoms with Crippen LogP contribution in [0, 0.1) is 0 Å². The molecule has 0 aliphatic rings. The topological polar surface area (TPSA) is 291 Å². The maximum atomic E-state index is 12.5. The molecule has 6 aromatic rings. The van der Waals surface area contributed by atoms with Gasteiger partial charge in [-0.2, -0.15) is 0 Å². The summed E-state index contributed by atoms with van der Waals surface area (Å²) < 4.78 is 20.6. The number of rotatable bonds is 15. The molecule has 2 aromatic carbocycles. The molecule has 6 rings (SSSR count). The van der Waals surface area contributed by atoms with Crippen LogP contribution >= 0.6 is 35.1 Å². The molecule has 0 saturated carbocycles. The first-order valence-electron chi connectivity index (χ1n) is 18.7. The van der Waals surface area contributed by atoms with Gasteiger partial charge in [0.2, 0.25) is 0 Å². The van der Waals surface area contributed by atoms with E-state index in [1.165, 1.54) is 31.6 Å². The number of nitrogens with one attached hydrogen (secondary N) is 3. The van der Waals surface area contributed by atoms with Crippen molar-refractivity contribution in [2.45, 2.75) is 45.9 Å². The van der Waals surface area contributed by atoms with Gasteiger partial charge < -0.3 is 60.7 Å². The average molecular weight is 963 g/mol. The number of carbonyl (C=O) groups excluding carboxylic acids is 6. The number of carboxylic acids is 1. The molecule has 66 heavy (non-hydrogen) atoms. The second-order valence-electron chi connectivity index (χ2n) is 12.7. The van der Waals surface area contributed by atoms with Crippen molar-refractivity contribution in [1.82, 2.24) is 25.9 Å². The van der Waals surface area contributed by atoms with Crippen LogP contribution in [0.15, 0.2) is 97.3 Å². The second-order valence-corrected chi connectivity index (χ2v) is 14.8. The van der Waals surface area contributed by atoms with Crippen LogP contribution in [0.4, 0.5) is 9.59 Å². The molecule has 0 aliphatic heterocycles. The Labute approximate surface area is 405 Å². The van der Waals surface area contributed by atoms with Crippen molar-refractivity contribution in [2.75, 3.05) is 27.3 Å². The van der Waals surface area contributed by atoms with Crippen LogP contribution in [-0.4, -0.2) is 95.6 Å². The molecule has 3 amide bonds. The Kier molecular flexibility index (Phi) is 26.4. The fourth-order valence-corrected chi connectivity index (χ4v) is 7.22. The number of hydrogen-bond acceptors (Lipinski definition) is 18. The number of hydrogen-bond donors (Lipinski definition) is 6. The molecule has 4 heterocycles. The Bertz CT molecular complexity index is 2480. The van der Waals surface area contributed by atoms with Crippen molar-refractivity contribution in [3.05, 3.63) is 129 Å². The molecule has 0 saturated heterocycles. The zero-order chi connectivity index (χ0) is 45.7. The molecular weight excluding hydrogens is 915 g/mol. The van der Waals surface area contributed by atoms with E-state index < -0.39 is 48.1 Å². The summed E-state index contributed by atoms with van der Waals surface area (Å²) in [4.78, 5) is 78.5. The summed E-state index contributed by atoms with van der Waals surface area (Å²) in [5.74, 6) is -2.98. The standard InChI is InChI=1S/C21H21N3O6S.C12H16N2O4.C9H7NO3S.CH4.ClH.Li/c1-29-20(27)16(24-21(28)30-12-13-5-3-2-4-6-13)10-23-19(26)17-9-15-18(31-17)14(11-25)7-8-22-15;1-17-11(15)10(7-13)14-12(16)18-8-9-5-3-2-4-6-9;11-4-5-1-2-10-6-3-7(9(12)13)14-8(5)6;;;/h2-9,16,25H,10-12H2,1H3,(H,23,26)(H,24,28);2-6,10H,7-8,13H2,1H3,(H,14,16);1-3,11H,4H2,(H,12,13);1H4;1H;/q;;;;;+1/p-1/t16-;10-;;;;/m11..../s1. The molecular formula is C43H48ClLiN6O13S2. The number of carboxylic acid groups (broad SMARTS) is 1. The van der Waals surface area contributed by atoms with E-state index in [-0.39, 0.29) is 83.1 Å². The molecule has 348 valence electrons. The number of nitrogens with zero attached hydrogens (tertiary/aromatic N) is 2. The fraction of sp³-hybridized carbons (Fsp3) is 0.256. The van der Waals surface area contributed by atoms with Crippen LogP contribution in [0.5, 0.6) is 0 Å². The van der Waals surface area contributed by atoms with E-state index >= 15 is 0 Å². The van der Waals surface area contributed by atoms with Gasteiger partial charge in [0.15, 0.2) is 0 Å². The molecule has 23 heteroatoms. The third kappa shape index (κ3) is 17.7. The number of aliphatic hydroxyl groups is 2. The summed E-state index contributed by atoms with van der Waals surface area (Å²) in [7, 11) is 2.41. The maximum absolute atomic E-state index is 12.5. The number of fused-ring (bicyclic) bond motifs is 2. The number of amides is 3. The Hall–Kier alpha value is -6.15. The van der Waals surface area contributed by atoms with Crippen LogP contribution in [-0.2, 0) is 55.0 Å². The summed E-state index contributed by atoms with van der Waals surface area (Å²) in [6.45, 7) is -0.361. The van der Waals surface area contributed by atoms with E-state index in [0.717, 1.165) is 22.5 Å². The third-order valence-corrected chi connectivity index (χ3v) is 10.8. The van der Waals surface area contributed by atoms with Gasteiger partial charge in [0.1, 0.15) is 25.3 Å². The predicted molar refractivity (Wildman–Crippen MR) is 242 cm³/mol. The number of aliphatic hydroxyl groups excluding tert-OH is 2. The van der Waals surface area contributed by atoms with Crippen LogP contribution in [0.1, 0.15) is 49.0 Å². The molecule has 7 N–H and O–H groups in total. The number of benzene rings is 2. The minimum atomic E-state index is -1.21. The van der Waals surface area contributed by atoms with E-state index in [0.29, 0.717) is 36.4 Å². The maximum Gasteiger partial charge on any atom is 1.00 e.